The smallest absolute Gasteiger partial charge is 0.169 e. The van der Waals surface area contributed by atoms with Crippen molar-refractivity contribution in [2.75, 3.05) is 55.6 Å². The largest absolute Gasteiger partial charge is 0.504 e. The number of fused-ring (bicyclic) bond motifs is 2. The van der Waals surface area contributed by atoms with Crippen molar-refractivity contribution in [1.29, 1.82) is 0 Å². The van der Waals surface area contributed by atoms with Crippen molar-refractivity contribution < 1.29 is 28.8 Å². The van der Waals surface area contributed by atoms with Crippen LogP contribution < -0.4 is 23.7 Å². The van der Waals surface area contributed by atoms with Crippen molar-refractivity contribution >= 4 is 0 Å². The normalized spacial score (nSPS) is 18.0. The Labute approximate surface area is 272 Å². The summed E-state index contributed by atoms with van der Waals surface area (Å²) in [5, 5.41) is 10.9. The van der Waals surface area contributed by atoms with E-state index in [1.165, 1.54) is 27.8 Å². The fraction of sp³-hybridized carbons (Fsp3) is 0.368. The summed E-state index contributed by atoms with van der Waals surface area (Å²) in [6.45, 7) is 1.89. The minimum Gasteiger partial charge on any atom is -0.504 e. The lowest BCUT2D eigenvalue weighted by Crippen LogP contribution is -2.33. The Morgan fingerprint density at radius 1 is 0.587 bits per heavy atom. The van der Waals surface area contributed by atoms with Crippen LogP contribution in [-0.4, -0.2) is 70.5 Å². The molecular weight excluding hydrogens is 580 g/mol. The number of nitrogens with zero attached hydrogens (tertiary/aromatic N) is 2. The van der Waals surface area contributed by atoms with Crippen LogP contribution >= 0.6 is 0 Å². The van der Waals surface area contributed by atoms with E-state index in [1.807, 2.05) is 24.3 Å². The van der Waals surface area contributed by atoms with E-state index in [-0.39, 0.29) is 17.8 Å². The van der Waals surface area contributed by atoms with E-state index < -0.39 is 0 Å². The highest BCUT2D eigenvalue weighted by Gasteiger charge is 2.29. The SMILES string of the molecule is COc1ccc(C[C@H]2c3cc(Oc4cc(CC5c6cc(OC)c(OC)cc6CCN5C)ccc4O)c(OC)cc3CCN2C)cc1. The molecule has 4 aromatic rings. The Balaban J connectivity index is 1.29. The highest BCUT2D eigenvalue weighted by atomic mass is 16.5. The number of likely N-dealkylation sites (N-methyl/N-ethyl adjacent to an activating group) is 2. The van der Waals surface area contributed by atoms with Gasteiger partial charge in [-0.3, -0.25) is 9.80 Å². The van der Waals surface area contributed by atoms with E-state index in [4.69, 9.17) is 23.7 Å². The maximum absolute atomic E-state index is 10.9. The Kier molecular flexibility index (Phi) is 9.29. The average Bonchev–Trinajstić information content (AvgIpc) is 3.08. The lowest BCUT2D eigenvalue weighted by molar-refractivity contribution is 0.227. The Hall–Kier alpha value is -4.40. The highest BCUT2D eigenvalue weighted by Crippen LogP contribution is 2.44. The Bertz CT molecular complexity index is 1690. The Morgan fingerprint density at radius 3 is 1.65 bits per heavy atom. The van der Waals surface area contributed by atoms with Crippen LogP contribution in [-0.2, 0) is 25.7 Å². The van der Waals surface area contributed by atoms with Gasteiger partial charge in [-0.25, -0.2) is 0 Å². The molecule has 242 valence electrons. The molecule has 0 saturated carbocycles. The van der Waals surface area contributed by atoms with Gasteiger partial charge in [0.2, 0.25) is 0 Å². The molecule has 2 heterocycles. The van der Waals surface area contributed by atoms with Crippen LogP contribution in [0.1, 0.15) is 45.5 Å². The van der Waals surface area contributed by atoms with Gasteiger partial charge in [0, 0.05) is 25.2 Å². The summed E-state index contributed by atoms with van der Waals surface area (Å²) in [6, 6.07) is 22.6. The molecule has 0 spiro atoms. The first-order valence-electron chi connectivity index (χ1n) is 15.8. The molecule has 1 unspecified atom stereocenters. The summed E-state index contributed by atoms with van der Waals surface area (Å²) in [7, 11) is 11.0. The van der Waals surface area contributed by atoms with Crippen LogP contribution in [0.4, 0.5) is 0 Å². The molecule has 8 heteroatoms. The molecule has 6 rings (SSSR count). The third-order valence-corrected chi connectivity index (χ3v) is 9.58. The Morgan fingerprint density at radius 2 is 1.09 bits per heavy atom. The van der Waals surface area contributed by atoms with Gasteiger partial charge in [-0.1, -0.05) is 18.2 Å². The predicted molar refractivity (Wildman–Crippen MR) is 179 cm³/mol. The quantitative estimate of drug-likeness (QED) is 0.208. The molecule has 2 aliphatic heterocycles. The zero-order valence-corrected chi connectivity index (χ0v) is 27.6. The van der Waals surface area contributed by atoms with Crippen molar-refractivity contribution in [3.8, 4) is 40.2 Å². The molecule has 0 saturated heterocycles. The topological polar surface area (TPSA) is 72.9 Å². The summed E-state index contributed by atoms with van der Waals surface area (Å²) < 4.78 is 28.9. The number of hydrogen-bond donors (Lipinski definition) is 1. The van der Waals surface area contributed by atoms with Crippen molar-refractivity contribution in [3.63, 3.8) is 0 Å². The van der Waals surface area contributed by atoms with Gasteiger partial charge in [-0.15, -0.1) is 0 Å². The van der Waals surface area contributed by atoms with Crippen LogP contribution in [0.15, 0.2) is 66.7 Å². The zero-order chi connectivity index (χ0) is 32.4. The number of aromatic hydroxyl groups is 1. The average molecular weight is 625 g/mol. The van der Waals surface area contributed by atoms with Crippen LogP contribution in [0, 0.1) is 0 Å². The molecule has 2 aliphatic rings. The number of phenolic OH excluding ortho intramolecular Hbond substituents is 1. The zero-order valence-electron chi connectivity index (χ0n) is 27.6. The van der Waals surface area contributed by atoms with Crippen molar-refractivity contribution in [1.82, 2.24) is 9.80 Å². The maximum atomic E-state index is 10.9. The molecule has 0 fully saturated rings. The number of benzene rings is 4. The van der Waals surface area contributed by atoms with Gasteiger partial charge in [0.25, 0.3) is 0 Å². The molecule has 0 radical (unpaired) electrons. The molecule has 8 nitrogen and oxygen atoms in total. The van der Waals surface area contributed by atoms with Crippen molar-refractivity contribution in [3.05, 3.63) is 100 Å². The highest BCUT2D eigenvalue weighted by molar-refractivity contribution is 5.54. The number of hydrogen-bond acceptors (Lipinski definition) is 8. The number of ether oxygens (including phenoxy) is 5. The first-order valence-corrected chi connectivity index (χ1v) is 15.8. The standard InChI is InChI=1S/C38H44N2O6/c1-39-15-14-27-21-36(44-5)38(23-30(27)31(39)17-24-7-10-28(42-3)11-8-24)46-34-19-25(9-12-33(34)41)18-32-29-22-37(45-6)35(43-4)20-26(29)13-16-40(32)2/h7-12,19-23,31-32,41H,13-18H2,1-6H3/t31-,32?/m0/s1. The van der Waals surface area contributed by atoms with E-state index in [0.29, 0.717) is 17.2 Å². The summed E-state index contributed by atoms with van der Waals surface area (Å²) in [5.41, 5.74) is 7.25. The van der Waals surface area contributed by atoms with E-state index in [1.54, 1.807) is 34.5 Å². The van der Waals surface area contributed by atoms with Gasteiger partial charge < -0.3 is 28.8 Å². The molecule has 0 aliphatic carbocycles. The van der Waals surface area contributed by atoms with Gasteiger partial charge in [-0.05, 0) is 122 Å². The minimum absolute atomic E-state index is 0.0826. The summed E-state index contributed by atoms with van der Waals surface area (Å²) in [6.07, 6.45) is 3.47. The van der Waals surface area contributed by atoms with Crippen LogP contribution in [0.2, 0.25) is 0 Å². The van der Waals surface area contributed by atoms with E-state index in [2.05, 4.69) is 60.3 Å². The molecule has 4 aromatic carbocycles. The maximum Gasteiger partial charge on any atom is 0.169 e. The van der Waals surface area contributed by atoms with Gasteiger partial charge in [0.1, 0.15) is 5.75 Å². The summed E-state index contributed by atoms with van der Waals surface area (Å²) >= 11 is 0. The van der Waals surface area contributed by atoms with Crippen molar-refractivity contribution in [2.24, 2.45) is 0 Å². The fourth-order valence-electron chi connectivity index (χ4n) is 6.85. The monoisotopic (exact) mass is 624 g/mol. The molecule has 2 atom stereocenters. The third-order valence-electron chi connectivity index (χ3n) is 9.58. The minimum atomic E-state index is 0.0826. The first-order chi connectivity index (χ1) is 22.3. The predicted octanol–water partition coefficient (Wildman–Crippen LogP) is 6.76. The second-order valence-corrected chi connectivity index (χ2v) is 12.3. The van der Waals surface area contributed by atoms with Gasteiger partial charge >= 0.3 is 0 Å². The third kappa shape index (κ3) is 6.32. The van der Waals surface area contributed by atoms with E-state index in [0.717, 1.165) is 61.6 Å². The van der Waals surface area contributed by atoms with Crippen LogP contribution in [0.25, 0.3) is 0 Å². The lowest BCUT2D eigenvalue weighted by Gasteiger charge is -2.35. The van der Waals surface area contributed by atoms with Gasteiger partial charge in [-0.2, -0.15) is 0 Å². The number of rotatable bonds is 10. The molecule has 0 amide bonds. The van der Waals surface area contributed by atoms with Gasteiger partial charge in [0.05, 0.1) is 28.4 Å². The molecule has 0 aromatic heterocycles. The number of phenols is 1. The fourth-order valence-corrected chi connectivity index (χ4v) is 6.85. The lowest BCUT2D eigenvalue weighted by atomic mass is 9.88. The first kappa shape index (κ1) is 31.6. The van der Waals surface area contributed by atoms with Crippen LogP contribution in [0.5, 0.6) is 40.2 Å². The van der Waals surface area contributed by atoms with E-state index in [9.17, 15) is 5.11 Å². The second kappa shape index (κ2) is 13.5. The number of methoxy groups -OCH3 is 4. The van der Waals surface area contributed by atoms with E-state index >= 15 is 0 Å². The molecule has 46 heavy (non-hydrogen) atoms. The molecule has 0 bridgehead atoms. The van der Waals surface area contributed by atoms with Crippen molar-refractivity contribution in [2.45, 2.75) is 37.8 Å². The van der Waals surface area contributed by atoms with Gasteiger partial charge in [0.15, 0.2) is 34.5 Å². The molecule has 1 N–H and O–H groups in total. The summed E-state index contributed by atoms with van der Waals surface area (Å²) in [4.78, 5) is 4.76. The summed E-state index contributed by atoms with van der Waals surface area (Å²) in [5.74, 6) is 4.05. The molecular formula is C38H44N2O6. The van der Waals surface area contributed by atoms with Crippen LogP contribution in [0.3, 0.4) is 0 Å². The second-order valence-electron chi connectivity index (χ2n) is 12.3.